The van der Waals surface area contributed by atoms with E-state index >= 15 is 0 Å². The first-order valence-electron chi connectivity index (χ1n) is 9.15. The molecule has 1 saturated heterocycles. The molecule has 0 spiro atoms. The van der Waals surface area contributed by atoms with E-state index in [2.05, 4.69) is 34.8 Å². The lowest BCUT2D eigenvalue weighted by molar-refractivity contribution is 0.157. The van der Waals surface area contributed by atoms with E-state index in [1.165, 1.54) is 17.5 Å². The number of urea groups is 1. The van der Waals surface area contributed by atoms with Crippen LogP contribution < -0.4 is 5.32 Å². The van der Waals surface area contributed by atoms with Gasteiger partial charge in [-0.1, -0.05) is 6.07 Å². The molecule has 1 aromatic carbocycles. The van der Waals surface area contributed by atoms with Crippen LogP contribution in [-0.4, -0.2) is 33.1 Å². The molecule has 25 heavy (non-hydrogen) atoms. The fourth-order valence-electron chi connectivity index (χ4n) is 3.74. The highest BCUT2D eigenvalue weighted by Crippen LogP contribution is 2.23. The molecular formula is C20H28N4O. The van der Waals surface area contributed by atoms with E-state index in [-0.39, 0.29) is 12.1 Å². The van der Waals surface area contributed by atoms with Crippen LogP contribution in [0.3, 0.4) is 0 Å². The quantitative estimate of drug-likeness (QED) is 0.912. The van der Waals surface area contributed by atoms with Crippen molar-refractivity contribution >= 4 is 11.7 Å². The Kier molecular flexibility index (Phi) is 5.41. The molecule has 5 heteroatoms. The van der Waals surface area contributed by atoms with Crippen molar-refractivity contribution in [3.05, 3.63) is 47.5 Å². The zero-order valence-electron chi connectivity index (χ0n) is 15.5. The maximum Gasteiger partial charge on any atom is 0.322 e. The first-order chi connectivity index (χ1) is 12.0. The van der Waals surface area contributed by atoms with Gasteiger partial charge in [0.15, 0.2) is 0 Å². The lowest BCUT2D eigenvalue weighted by Crippen LogP contribution is -2.46. The van der Waals surface area contributed by atoms with Crippen LogP contribution in [0.4, 0.5) is 10.5 Å². The number of aryl methyl sites for hydroxylation is 4. The van der Waals surface area contributed by atoms with Gasteiger partial charge in [-0.15, -0.1) is 0 Å². The van der Waals surface area contributed by atoms with Crippen molar-refractivity contribution < 1.29 is 4.79 Å². The number of benzene rings is 1. The molecule has 0 saturated carbocycles. The molecule has 5 nitrogen and oxygen atoms in total. The molecule has 1 fully saturated rings. The van der Waals surface area contributed by atoms with Crippen LogP contribution >= 0.6 is 0 Å². The second kappa shape index (κ2) is 7.72. The van der Waals surface area contributed by atoms with Gasteiger partial charge in [0, 0.05) is 44.1 Å². The summed E-state index contributed by atoms with van der Waals surface area (Å²) in [6.45, 7) is 4.94. The second-order valence-corrected chi connectivity index (χ2v) is 7.14. The van der Waals surface area contributed by atoms with Crippen molar-refractivity contribution in [2.45, 2.75) is 52.0 Å². The standard InChI is InChI=1S/C20H28N4O/c1-15-12-16(2)14-17(13-15)22-20(25)24-10-5-4-6-18(24)7-8-19-21-9-11-23(19)3/h9,11-14,18H,4-8,10H2,1-3H3,(H,22,25). The van der Waals surface area contributed by atoms with Gasteiger partial charge in [0.05, 0.1) is 0 Å². The summed E-state index contributed by atoms with van der Waals surface area (Å²) in [6, 6.07) is 6.48. The number of carbonyl (C=O) groups is 1. The van der Waals surface area contributed by atoms with Gasteiger partial charge in [-0.3, -0.25) is 0 Å². The van der Waals surface area contributed by atoms with Crippen molar-refractivity contribution in [2.24, 2.45) is 7.05 Å². The zero-order chi connectivity index (χ0) is 17.8. The highest BCUT2D eigenvalue weighted by atomic mass is 16.2. The first-order valence-corrected chi connectivity index (χ1v) is 9.15. The third-order valence-electron chi connectivity index (χ3n) is 4.98. The Balaban J connectivity index is 1.65. The van der Waals surface area contributed by atoms with Gasteiger partial charge in [0.1, 0.15) is 5.82 Å². The zero-order valence-corrected chi connectivity index (χ0v) is 15.5. The SMILES string of the molecule is Cc1cc(C)cc(NC(=O)N2CCCCC2CCc2nccn2C)c1. The average molecular weight is 340 g/mol. The smallest absolute Gasteiger partial charge is 0.322 e. The average Bonchev–Trinajstić information content (AvgIpc) is 2.97. The predicted molar refractivity (Wildman–Crippen MR) is 101 cm³/mol. The molecule has 1 unspecified atom stereocenters. The number of likely N-dealkylation sites (tertiary alicyclic amines) is 1. The van der Waals surface area contributed by atoms with Crippen molar-refractivity contribution in [2.75, 3.05) is 11.9 Å². The van der Waals surface area contributed by atoms with E-state index in [9.17, 15) is 4.79 Å². The van der Waals surface area contributed by atoms with Crippen LogP contribution in [0, 0.1) is 13.8 Å². The summed E-state index contributed by atoms with van der Waals surface area (Å²) in [5.74, 6) is 1.08. The van der Waals surface area contributed by atoms with Crippen LogP contribution in [0.15, 0.2) is 30.6 Å². The third-order valence-corrected chi connectivity index (χ3v) is 4.98. The van der Waals surface area contributed by atoms with Crippen LogP contribution in [0.1, 0.15) is 42.6 Å². The molecule has 0 aliphatic carbocycles. The van der Waals surface area contributed by atoms with Crippen molar-refractivity contribution in [1.29, 1.82) is 0 Å². The molecule has 2 amide bonds. The van der Waals surface area contributed by atoms with Crippen molar-refractivity contribution in [3.63, 3.8) is 0 Å². The minimum atomic E-state index is 0.0227. The monoisotopic (exact) mass is 340 g/mol. The summed E-state index contributed by atoms with van der Waals surface area (Å²) in [4.78, 5) is 19.2. The molecule has 0 radical (unpaired) electrons. The Labute approximate surface area is 150 Å². The van der Waals surface area contributed by atoms with Gasteiger partial charge in [-0.2, -0.15) is 0 Å². The maximum atomic E-state index is 12.8. The Morgan fingerprint density at radius 2 is 2.00 bits per heavy atom. The fraction of sp³-hybridized carbons (Fsp3) is 0.500. The minimum Gasteiger partial charge on any atom is -0.338 e. The Morgan fingerprint density at radius 3 is 2.68 bits per heavy atom. The largest absolute Gasteiger partial charge is 0.338 e. The number of anilines is 1. The van der Waals surface area contributed by atoms with Gasteiger partial charge in [-0.25, -0.2) is 9.78 Å². The molecule has 2 heterocycles. The summed E-state index contributed by atoms with van der Waals surface area (Å²) in [7, 11) is 2.02. The predicted octanol–water partition coefficient (Wildman–Crippen LogP) is 4.06. The van der Waals surface area contributed by atoms with Crippen LogP contribution in [0.25, 0.3) is 0 Å². The number of nitrogens with zero attached hydrogens (tertiary/aromatic N) is 3. The molecule has 0 bridgehead atoms. The highest BCUT2D eigenvalue weighted by molar-refractivity contribution is 5.89. The van der Waals surface area contributed by atoms with Gasteiger partial charge < -0.3 is 14.8 Å². The third kappa shape index (κ3) is 4.41. The lowest BCUT2D eigenvalue weighted by Gasteiger charge is -2.35. The van der Waals surface area contributed by atoms with E-state index in [0.717, 1.165) is 43.7 Å². The summed E-state index contributed by atoms with van der Waals surface area (Å²) in [5.41, 5.74) is 3.22. The number of hydrogen-bond acceptors (Lipinski definition) is 2. The number of aromatic nitrogens is 2. The maximum absolute atomic E-state index is 12.8. The molecular weight excluding hydrogens is 312 g/mol. The molecule has 134 valence electrons. The number of piperidine rings is 1. The normalized spacial score (nSPS) is 17.6. The molecule has 2 aromatic rings. The lowest BCUT2D eigenvalue weighted by atomic mass is 9.98. The number of hydrogen-bond donors (Lipinski definition) is 1. The van der Waals surface area contributed by atoms with Crippen molar-refractivity contribution in [1.82, 2.24) is 14.5 Å². The molecule has 1 N–H and O–H groups in total. The van der Waals surface area contributed by atoms with E-state index in [1.807, 2.05) is 36.5 Å². The molecule has 3 rings (SSSR count). The Morgan fingerprint density at radius 1 is 1.24 bits per heavy atom. The van der Waals surface area contributed by atoms with Gasteiger partial charge in [-0.05, 0) is 62.8 Å². The van der Waals surface area contributed by atoms with E-state index < -0.39 is 0 Å². The molecule has 1 aliphatic rings. The summed E-state index contributed by atoms with van der Waals surface area (Å²) < 4.78 is 2.06. The van der Waals surface area contributed by atoms with Gasteiger partial charge in [0.25, 0.3) is 0 Å². The minimum absolute atomic E-state index is 0.0227. The Bertz CT molecular complexity index is 717. The number of imidazole rings is 1. The summed E-state index contributed by atoms with van der Waals surface area (Å²) in [5, 5.41) is 3.09. The number of amides is 2. The number of rotatable bonds is 4. The molecule has 1 atom stereocenters. The first kappa shape index (κ1) is 17.5. The molecule has 1 aliphatic heterocycles. The van der Waals surface area contributed by atoms with Crippen molar-refractivity contribution in [3.8, 4) is 0 Å². The molecule has 1 aromatic heterocycles. The summed E-state index contributed by atoms with van der Waals surface area (Å²) >= 11 is 0. The topological polar surface area (TPSA) is 50.2 Å². The number of carbonyl (C=O) groups excluding carboxylic acids is 1. The number of nitrogens with one attached hydrogen (secondary N) is 1. The van der Waals surface area contributed by atoms with E-state index in [0.29, 0.717) is 0 Å². The fourth-order valence-corrected chi connectivity index (χ4v) is 3.74. The van der Waals surface area contributed by atoms with Gasteiger partial charge in [0.2, 0.25) is 0 Å². The summed E-state index contributed by atoms with van der Waals surface area (Å²) in [6.07, 6.45) is 9.02. The van der Waals surface area contributed by atoms with E-state index in [4.69, 9.17) is 0 Å². The van der Waals surface area contributed by atoms with E-state index in [1.54, 1.807) is 0 Å². The second-order valence-electron chi connectivity index (χ2n) is 7.14. The van der Waals surface area contributed by atoms with Crippen LogP contribution in [-0.2, 0) is 13.5 Å². The van der Waals surface area contributed by atoms with Crippen LogP contribution in [0.2, 0.25) is 0 Å². The Hall–Kier alpha value is -2.30. The van der Waals surface area contributed by atoms with Gasteiger partial charge >= 0.3 is 6.03 Å². The van der Waals surface area contributed by atoms with Crippen LogP contribution in [0.5, 0.6) is 0 Å². The highest BCUT2D eigenvalue weighted by Gasteiger charge is 2.26.